The Morgan fingerprint density at radius 3 is 1.93 bits per heavy atom. The first-order valence-corrected chi connectivity index (χ1v) is 11.4. The van der Waals surface area contributed by atoms with Crippen molar-refractivity contribution in [2.45, 2.75) is 9.79 Å². The third-order valence-electron chi connectivity index (χ3n) is 4.61. The van der Waals surface area contributed by atoms with Crippen LogP contribution in [0.4, 0.5) is 0 Å². The summed E-state index contributed by atoms with van der Waals surface area (Å²) >= 11 is 0. The van der Waals surface area contributed by atoms with E-state index in [1.807, 2.05) is 0 Å². The fraction of sp³-hybridized carbons (Fsp3) is 0. The minimum absolute atomic E-state index is 0.0231. The van der Waals surface area contributed by atoms with E-state index in [4.69, 9.17) is 0 Å². The highest BCUT2D eigenvalue weighted by Crippen LogP contribution is 2.38. The number of aliphatic hydroxyl groups excluding tert-OH is 1. The topological polar surface area (TPSA) is 106 Å². The van der Waals surface area contributed by atoms with Gasteiger partial charge in [-0.15, -0.1) is 0 Å². The number of rotatable bonds is 3. The molecule has 2 aromatic rings. The molecule has 29 heavy (non-hydrogen) atoms. The average molecular weight is 426 g/mol. The molecule has 0 spiro atoms. The molecule has 0 aromatic heterocycles. The lowest BCUT2D eigenvalue weighted by Crippen LogP contribution is -2.01. The summed E-state index contributed by atoms with van der Waals surface area (Å²) in [6.07, 6.45) is 6.47. The van der Waals surface area contributed by atoms with E-state index >= 15 is 0 Å². The summed E-state index contributed by atoms with van der Waals surface area (Å²) in [6, 6.07) is 12.1. The second-order valence-corrected chi connectivity index (χ2v) is 10.1. The molecular formula is C21H14O6S2. The summed E-state index contributed by atoms with van der Waals surface area (Å²) < 4.78 is 49.9. The van der Waals surface area contributed by atoms with Gasteiger partial charge in [0.2, 0.25) is 25.5 Å². The van der Waals surface area contributed by atoms with Crippen LogP contribution in [0, 0.1) is 0 Å². The molecule has 2 aliphatic rings. The molecule has 0 aliphatic carbocycles. The molecule has 4 rings (SSSR count). The van der Waals surface area contributed by atoms with Crippen molar-refractivity contribution in [3.63, 3.8) is 0 Å². The van der Waals surface area contributed by atoms with Crippen LogP contribution in [0.25, 0.3) is 5.76 Å². The Morgan fingerprint density at radius 2 is 1.31 bits per heavy atom. The number of aliphatic hydroxyl groups is 1. The van der Waals surface area contributed by atoms with Crippen molar-refractivity contribution < 1.29 is 26.7 Å². The molecule has 0 saturated heterocycles. The van der Waals surface area contributed by atoms with Gasteiger partial charge in [0.1, 0.15) is 15.6 Å². The van der Waals surface area contributed by atoms with Gasteiger partial charge in [0.15, 0.2) is 0 Å². The quantitative estimate of drug-likeness (QED) is 0.596. The highest BCUT2D eigenvalue weighted by Gasteiger charge is 2.38. The van der Waals surface area contributed by atoms with Gasteiger partial charge in [-0.2, -0.15) is 0 Å². The monoisotopic (exact) mass is 426 g/mol. The zero-order valence-electron chi connectivity index (χ0n) is 14.8. The van der Waals surface area contributed by atoms with E-state index in [1.54, 1.807) is 24.3 Å². The van der Waals surface area contributed by atoms with Gasteiger partial charge in [0, 0.05) is 11.1 Å². The summed E-state index contributed by atoms with van der Waals surface area (Å²) in [5, 5.41) is 10.2. The van der Waals surface area contributed by atoms with Gasteiger partial charge in [-0.25, -0.2) is 16.8 Å². The van der Waals surface area contributed by atoms with Crippen LogP contribution >= 0.6 is 0 Å². The lowest BCUT2D eigenvalue weighted by Gasteiger charge is -1.97. The molecular weight excluding hydrogens is 412 g/mol. The zero-order chi connectivity index (χ0) is 20.8. The number of carbonyl (C=O) groups excluding carboxylic acids is 1. The zero-order valence-corrected chi connectivity index (χ0v) is 16.4. The van der Waals surface area contributed by atoms with Gasteiger partial charge in [-0.05, 0) is 36.4 Å². The van der Waals surface area contributed by atoms with Crippen molar-refractivity contribution >= 4 is 31.2 Å². The Bertz CT molecular complexity index is 1390. The highest BCUT2D eigenvalue weighted by atomic mass is 32.2. The predicted octanol–water partition coefficient (Wildman–Crippen LogP) is 3.37. The fourth-order valence-corrected chi connectivity index (χ4v) is 6.35. The van der Waals surface area contributed by atoms with E-state index in [9.17, 15) is 26.7 Å². The predicted molar refractivity (Wildman–Crippen MR) is 107 cm³/mol. The third-order valence-corrected chi connectivity index (χ3v) is 8.29. The standard InChI is InChI=1S/C21H14O6S2/c22-20-14-8-4-6-10-16(14)28(24,25)18(20)12-2-1-3-13-19-21(23)15-9-5-7-11-17(15)29(19,26)27/h1-13,22H. The van der Waals surface area contributed by atoms with Crippen LogP contribution in [0.1, 0.15) is 15.9 Å². The first-order chi connectivity index (χ1) is 13.8. The molecule has 2 heterocycles. The second kappa shape index (κ2) is 6.68. The Labute approximate surface area is 167 Å². The fourth-order valence-electron chi connectivity index (χ4n) is 3.22. The number of benzene rings is 2. The molecule has 8 heteroatoms. The van der Waals surface area contributed by atoms with Crippen LogP contribution in [-0.2, 0) is 19.7 Å². The van der Waals surface area contributed by atoms with Crippen LogP contribution < -0.4 is 0 Å². The van der Waals surface area contributed by atoms with Crippen molar-refractivity contribution in [2.75, 3.05) is 0 Å². The molecule has 2 aliphatic heterocycles. The SMILES string of the molecule is O=C1C(=CC=CC=CC2=C(O)c3ccccc3S2(=O)=O)S(=O)(=O)c2ccccc21. The van der Waals surface area contributed by atoms with Gasteiger partial charge in [0.05, 0.1) is 9.79 Å². The molecule has 6 nitrogen and oxygen atoms in total. The smallest absolute Gasteiger partial charge is 0.211 e. The Hall–Kier alpha value is -3.23. The first kappa shape index (κ1) is 19.1. The Balaban J connectivity index is 1.61. The summed E-state index contributed by atoms with van der Waals surface area (Å²) in [5.41, 5.74) is 0.367. The molecule has 1 N–H and O–H groups in total. The Morgan fingerprint density at radius 1 is 0.724 bits per heavy atom. The van der Waals surface area contributed by atoms with E-state index in [0.717, 1.165) is 0 Å². The average Bonchev–Trinajstić information content (AvgIpc) is 3.02. The van der Waals surface area contributed by atoms with Crippen LogP contribution in [0.15, 0.2) is 98.5 Å². The lowest BCUT2D eigenvalue weighted by atomic mass is 10.1. The molecule has 0 unspecified atom stereocenters. The molecule has 0 radical (unpaired) electrons. The van der Waals surface area contributed by atoms with Gasteiger partial charge in [-0.1, -0.05) is 42.5 Å². The Kier molecular flexibility index (Phi) is 4.40. The maximum absolute atomic E-state index is 12.5. The number of carbonyl (C=O) groups is 1. The van der Waals surface area contributed by atoms with Crippen LogP contribution in [0.3, 0.4) is 0 Å². The van der Waals surface area contributed by atoms with Crippen molar-refractivity contribution in [1.29, 1.82) is 0 Å². The van der Waals surface area contributed by atoms with E-state index in [0.29, 0.717) is 0 Å². The number of ketones is 1. The van der Waals surface area contributed by atoms with Gasteiger partial charge in [0.25, 0.3) is 0 Å². The third kappa shape index (κ3) is 2.88. The highest BCUT2D eigenvalue weighted by molar-refractivity contribution is 7.97. The molecule has 0 saturated carbocycles. The molecule has 0 amide bonds. The van der Waals surface area contributed by atoms with Gasteiger partial charge in [-0.3, -0.25) is 4.79 Å². The van der Waals surface area contributed by atoms with Crippen molar-refractivity contribution in [1.82, 2.24) is 0 Å². The van der Waals surface area contributed by atoms with Crippen molar-refractivity contribution in [3.05, 3.63) is 99.8 Å². The van der Waals surface area contributed by atoms with Crippen molar-refractivity contribution in [3.8, 4) is 0 Å². The van der Waals surface area contributed by atoms with Gasteiger partial charge >= 0.3 is 0 Å². The van der Waals surface area contributed by atoms with E-state index in [-0.39, 0.29) is 36.5 Å². The van der Waals surface area contributed by atoms with Crippen LogP contribution in [-0.4, -0.2) is 27.7 Å². The normalized spacial score (nSPS) is 20.7. The second-order valence-electron chi connectivity index (χ2n) is 6.32. The van der Waals surface area contributed by atoms with E-state index in [2.05, 4.69) is 0 Å². The molecule has 0 bridgehead atoms. The lowest BCUT2D eigenvalue weighted by molar-refractivity contribution is 0.104. The van der Waals surface area contributed by atoms with Gasteiger partial charge < -0.3 is 5.11 Å². The van der Waals surface area contributed by atoms with E-state index < -0.39 is 25.5 Å². The maximum Gasteiger partial charge on any atom is 0.211 e. The van der Waals surface area contributed by atoms with Crippen molar-refractivity contribution in [2.24, 2.45) is 0 Å². The minimum Gasteiger partial charge on any atom is -0.506 e. The van der Waals surface area contributed by atoms with Crippen LogP contribution in [0.5, 0.6) is 0 Å². The minimum atomic E-state index is -3.87. The summed E-state index contributed by atoms with van der Waals surface area (Å²) in [6.45, 7) is 0. The molecule has 0 fully saturated rings. The van der Waals surface area contributed by atoms with E-state index in [1.165, 1.54) is 54.6 Å². The maximum atomic E-state index is 12.5. The number of hydrogen-bond acceptors (Lipinski definition) is 6. The molecule has 0 atom stereocenters. The first-order valence-electron chi connectivity index (χ1n) is 8.48. The largest absolute Gasteiger partial charge is 0.506 e. The summed E-state index contributed by atoms with van der Waals surface area (Å²) in [5.74, 6) is -0.920. The summed E-state index contributed by atoms with van der Waals surface area (Å²) in [4.78, 5) is 11.7. The number of sulfone groups is 2. The number of hydrogen-bond donors (Lipinski definition) is 1. The van der Waals surface area contributed by atoms with Crippen LogP contribution in [0.2, 0.25) is 0 Å². The number of fused-ring (bicyclic) bond motifs is 2. The number of allylic oxidation sites excluding steroid dienone is 6. The number of Topliss-reactive ketones (excluding diaryl/α,β-unsaturated/α-hetero) is 1. The molecule has 2 aromatic carbocycles. The summed E-state index contributed by atoms with van der Waals surface area (Å²) in [7, 11) is -7.69. The molecule has 146 valence electrons.